The Labute approximate surface area is 125 Å². The number of aromatic nitrogens is 5. The fourth-order valence-electron chi connectivity index (χ4n) is 2.03. The second kappa shape index (κ2) is 5.53. The zero-order valence-electron chi connectivity index (χ0n) is 11.3. The molecule has 21 heavy (non-hydrogen) atoms. The van der Waals surface area contributed by atoms with Crippen LogP contribution in [0.5, 0.6) is 0 Å². The zero-order valence-corrected chi connectivity index (χ0v) is 12.1. The maximum absolute atomic E-state index is 6.11. The average Bonchev–Trinajstić information content (AvgIpc) is 3.07. The van der Waals surface area contributed by atoms with E-state index in [-0.39, 0.29) is 0 Å². The van der Waals surface area contributed by atoms with Gasteiger partial charge in [0.05, 0.1) is 16.3 Å². The molecule has 0 saturated heterocycles. The van der Waals surface area contributed by atoms with Crippen molar-refractivity contribution in [2.45, 2.75) is 19.9 Å². The molecule has 0 fully saturated rings. The first-order valence-corrected chi connectivity index (χ1v) is 6.82. The topological polar surface area (TPSA) is 95.7 Å². The maximum atomic E-state index is 6.11. The van der Waals surface area contributed by atoms with Crippen molar-refractivity contribution in [3.05, 3.63) is 40.9 Å². The fraction of sp³-hybridized carbons (Fsp3) is 0.231. The third-order valence-electron chi connectivity index (χ3n) is 3.06. The molecule has 0 bridgehead atoms. The van der Waals surface area contributed by atoms with E-state index in [0.29, 0.717) is 34.7 Å². The summed E-state index contributed by atoms with van der Waals surface area (Å²) in [6.45, 7) is 2.30. The molecule has 0 radical (unpaired) electrons. The van der Waals surface area contributed by atoms with E-state index < -0.39 is 0 Å². The first kappa shape index (κ1) is 13.6. The van der Waals surface area contributed by atoms with Gasteiger partial charge in [0, 0.05) is 0 Å². The summed E-state index contributed by atoms with van der Waals surface area (Å²) in [5.41, 5.74) is 7.28. The molecule has 3 aromatic rings. The molecule has 0 saturated carbocycles. The van der Waals surface area contributed by atoms with Crippen molar-refractivity contribution in [3.63, 3.8) is 0 Å². The largest absolute Gasteiger partial charge is 0.419 e. The zero-order chi connectivity index (χ0) is 14.8. The number of anilines is 1. The smallest absolute Gasteiger partial charge is 0.249 e. The molecule has 0 spiro atoms. The van der Waals surface area contributed by atoms with Gasteiger partial charge in [0.2, 0.25) is 11.8 Å². The van der Waals surface area contributed by atoms with Crippen molar-refractivity contribution in [2.75, 3.05) is 5.73 Å². The number of benzene rings is 1. The van der Waals surface area contributed by atoms with Crippen LogP contribution in [0.4, 0.5) is 5.82 Å². The van der Waals surface area contributed by atoms with Crippen molar-refractivity contribution in [2.24, 2.45) is 0 Å². The average molecular weight is 305 g/mol. The third kappa shape index (κ3) is 2.59. The fourth-order valence-corrected chi connectivity index (χ4v) is 2.24. The molecule has 2 aromatic heterocycles. The lowest BCUT2D eigenvalue weighted by molar-refractivity contribution is 0.463. The molecule has 2 heterocycles. The van der Waals surface area contributed by atoms with E-state index in [2.05, 4.69) is 20.5 Å². The molecule has 0 aliphatic heterocycles. The molecular formula is C13H13ClN6O. The highest BCUT2D eigenvalue weighted by atomic mass is 35.5. The van der Waals surface area contributed by atoms with Crippen molar-refractivity contribution in [1.82, 2.24) is 25.2 Å². The van der Waals surface area contributed by atoms with E-state index in [0.717, 1.165) is 12.1 Å². The Morgan fingerprint density at radius 3 is 2.81 bits per heavy atom. The van der Waals surface area contributed by atoms with Crippen LogP contribution in [-0.2, 0) is 13.0 Å². The summed E-state index contributed by atoms with van der Waals surface area (Å²) in [6.07, 6.45) is 0.727. The van der Waals surface area contributed by atoms with Gasteiger partial charge in [0.1, 0.15) is 6.54 Å². The lowest BCUT2D eigenvalue weighted by atomic mass is 10.2. The highest BCUT2D eigenvalue weighted by Gasteiger charge is 2.14. The molecule has 2 N–H and O–H groups in total. The van der Waals surface area contributed by atoms with Gasteiger partial charge in [-0.05, 0) is 18.6 Å². The standard InChI is InChI=1S/C13H13ClN6O/c1-2-10-12(15)17-19-20(10)7-11-16-18-13(21-11)8-5-3-4-6-9(8)14/h3-6H,2,7,15H2,1H3. The SMILES string of the molecule is CCc1c(N)nnn1Cc1nnc(-c2ccccc2Cl)o1. The van der Waals surface area contributed by atoms with Crippen LogP contribution >= 0.6 is 11.6 Å². The molecular weight excluding hydrogens is 292 g/mol. The number of nitrogens with zero attached hydrogens (tertiary/aromatic N) is 5. The summed E-state index contributed by atoms with van der Waals surface area (Å²) >= 11 is 6.11. The first-order valence-electron chi connectivity index (χ1n) is 6.44. The Morgan fingerprint density at radius 1 is 1.24 bits per heavy atom. The van der Waals surface area contributed by atoms with Crippen LogP contribution in [0.2, 0.25) is 5.02 Å². The molecule has 0 amide bonds. The van der Waals surface area contributed by atoms with Crippen molar-refractivity contribution >= 4 is 17.4 Å². The van der Waals surface area contributed by atoms with Gasteiger partial charge in [-0.1, -0.05) is 35.9 Å². The van der Waals surface area contributed by atoms with Gasteiger partial charge in [-0.15, -0.1) is 15.3 Å². The monoisotopic (exact) mass is 304 g/mol. The molecule has 0 aliphatic rings. The number of hydrogen-bond acceptors (Lipinski definition) is 6. The summed E-state index contributed by atoms with van der Waals surface area (Å²) in [5.74, 6) is 1.22. The molecule has 0 unspecified atom stereocenters. The lowest BCUT2D eigenvalue weighted by Gasteiger charge is -2.01. The van der Waals surface area contributed by atoms with E-state index in [1.165, 1.54) is 0 Å². The Bertz CT molecular complexity index is 766. The normalized spacial score (nSPS) is 11.0. The Kier molecular flexibility index (Phi) is 3.57. The predicted octanol–water partition coefficient (Wildman–Crippen LogP) is 2.17. The van der Waals surface area contributed by atoms with Crippen LogP contribution in [0.25, 0.3) is 11.5 Å². The van der Waals surface area contributed by atoms with Gasteiger partial charge in [0.15, 0.2) is 5.82 Å². The first-order chi connectivity index (χ1) is 10.2. The van der Waals surface area contributed by atoms with Crippen LogP contribution in [0.15, 0.2) is 28.7 Å². The summed E-state index contributed by atoms with van der Waals surface area (Å²) in [6, 6.07) is 7.30. The quantitative estimate of drug-likeness (QED) is 0.793. The van der Waals surface area contributed by atoms with E-state index in [1.807, 2.05) is 25.1 Å². The van der Waals surface area contributed by atoms with Gasteiger partial charge in [0.25, 0.3) is 0 Å². The van der Waals surface area contributed by atoms with Gasteiger partial charge in [-0.25, -0.2) is 4.68 Å². The van der Waals surface area contributed by atoms with Crippen LogP contribution in [0, 0.1) is 0 Å². The summed E-state index contributed by atoms with van der Waals surface area (Å²) in [5, 5.41) is 16.4. The van der Waals surface area contributed by atoms with Gasteiger partial charge in [-0.2, -0.15) is 0 Å². The van der Waals surface area contributed by atoms with Gasteiger partial charge in [-0.3, -0.25) is 0 Å². The molecule has 0 aliphatic carbocycles. The Morgan fingerprint density at radius 2 is 2.05 bits per heavy atom. The molecule has 3 rings (SSSR count). The number of nitrogen functional groups attached to an aromatic ring is 1. The minimum absolute atomic E-state index is 0.324. The van der Waals surface area contributed by atoms with E-state index in [1.54, 1.807) is 10.7 Å². The highest BCUT2D eigenvalue weighted by molar-refractivity contribution is 6.33. The summed E-state index contributed by atoms with van der Waals surface area (Å²) in [7, 11) is 0. The molecule has 108 valence electrons. The van der Waals surface area contributed by atoms with Crippen LogP contribution < -0.4 is 5.73 Å². The van der Waals surface area contributed by atoms with Gasteiger partial charge < -0.3 is 10.2 Å². The maximum Gasteiger partial charge on any atom is 0.249 e. The highest BCUT2D eigenvalue weighted by Crippen LogP contribution is 2.26. The van der Waals surface area contributed by atoms with Crippen molar-refractivity contribution in [3.8, 4) is 11.5 Å². The molecule has 0 atom stereocenters. The number of hydrogen-bond donors (Lipinski definition) is 1. The molecule has 1 aromatic carbocycles. The van der Waals surface area contributed by atoms with Crippen LogP contribution in [-0.4, -0.2) is 25.2 Å². The predicted molar refractivity (Wildman–Crippen MR) is 77.7 cm³/mol. The second-order valence-corrected chi connectivity index (χ2v) is 4.82. The van der Waals surface area contributed by atoms with Crippen LogP contribution in [0.1, 0.15) is 18.5 Å². The number of halogens is 1. The molecule has 7 nitrogen and oxygen atoms in total. The second-order valence-electron chi connectivity index (χ2n) is 4.41. The Balaban J connectivity index is 1.87. The minimum Gasteiger partial charge on any atom is -0.419 e. The lowest BCUT2D eigenvalue weighted by Crippen LogP contribution is -2.07. The van der Waals surface area contributed by atoms with E-state index in [9.17, 15) is 0 Å². The van der Waals surface area contributed by atoms with Crippen molar-refractivity contribution < 1.29 is 4.42 Å². The van der Waals surface area contributed by atoms with Crippen LogP contribution in [0.3, 0.4) is 0 Å². The summed E-state index contributed by atoms with van der Waals surface area (Å²) < 4.78 is 7.28. The third-order valence-corrected chi connectivity index (χ3v) is 3.39. The van der Waals surface area contributed by atoms with E-state index in [4.69, 9.17) is 21.8 Å². The molecule has 8 heteroatoms. The number of rotatable bonds is 4. The Hall–Kier alpha value is -2.41. The van der Waals surface area contributed by atoms with Crippen molar-refractivity contribution in [1.29, 1.82) is 0 Å². The summed E-state index contributed by atoms with van der Waals surface area (Å²) in [4.78, 5) is 0. The number of nitrogens with two attached hydrogens (primary N) is 1. The van der Waals surface area contributed by atoms with Gasteiger partial charge >= 0.3 is 0 Å². The van der Waals surface area contributed by atoms with E-state index >= 15 is 0 Å². The minimum atomic E-state index is 0.324.